The van der Waals surface area contributed by atoms with Gasteiger partial charge in [0.1, 0.15) is 0 Å². The molecule has 0 saturated carbocycles. The van der Waals surface area contributed by atoms with Gasteiger partial charge in [0.25, 0.3) is 0 Å². The van der Waals surface area contributed by atoms with Crippen molar-refractivity contribution < 1.29 is 19.7 Å². The number of hydrogen-bond donors (Lipinski definition) is 2. The highest BCUT2D eigenvalue weighted by atomic mass is 16.5. The summed E-state index contributed by atoms with van der Waals surface area (Å²) in [4.78, 5) is 0. The van der Waals surface area contributed by atoms with Crippen molar-refractivity contribution in [2.45, 2.75) is 0 Å². The molecule has 0 spiro atoms. The quantitative estimate of drug-likeness (QED) is 0.389. The van der Waals surface area contributed by atoms with Crippen LogP contribution in [0.2, 0.25) is 0 Å². The standard InChI is InChI=1S/C8H16O4/c9-3-7-11-5-1-2-6-12-8-4-10/h1-2,9-10H,3-8H2/b2-1-. The first kappa shape index (κ1) is 11.6. The molecule has 0 aliphatic heterocycles. The number of hydrogen-bond acceptors (Lipinski definition) is 4. The molecule has 0 aromatic heterocycles. The van der Waals surface area contributed by atoms with Crippen LogP contribution in [0.1, 0.15) is 0 Å². The van der Waals surface area contributed by atoms with E-state index in [4.69, 9.17) is 19.7 Å². The van der Waals surface area contributed by atoms with E-state index in [9.17, 15) is 0 Å². The van der Waals surface area contributed by atoms with E-state index in [1.54, 1.807) is 0 Å². The van der Waals surface area contributed by atoms with Crippen molar-refractivity contribution in [2.75, 3.05) is 39.6 Å². The minimum absolute atomic E-state index is 0.0504. The van der Waals surface area contributed by atoms with Crippen LogP contribution in [0.25, 0.3) is 0 Å². The molecule has 4 nitrogen and oxygen atoms in total. The molecule has 12 heavy (non-hydrogen) atoms. The molecule has 0 aliphatic carbocycles. The molecule has 4 heteroatoms. The van der Waals surface area contributed by atoms with Gasteiger partial charge >= 0.3 is 0 Å². The number of rotatable bonds is 8. The summed E-state index contributed by atoms with van der Waals surface area (Å²) < 4.78 is 9.90. The third kappa shape index (κ3) is 9.58. The molecule has 0 saturated heterocycles. The largest absolute Gasteiger partial charge is 0.394 e. The van der Waals surface area contributed by atoms with Crippen LogP contribution in [-0.4, -0.2) is 49.9 Å². The molecule has 0 heterocycles. The van der Waals surface area contributed by atoms with E-state index in [1.807, 2.05) is 12.2 Å². The first-order valence-electron chi connectivity index (χ1n) is 3.94. The van der Waals surface area contributed by atoms with Gasteiger partial charge in [-0.05, 0) is 0 Å². The summed E-state index contributed by atoms with van der Waals surface area (Å²) in [5, 5.41) is 16.7. The Morgan fingerprint density at radius 1 is 0.833 bits per heavy atom. The second-order valence-corrected chi connectivity index (χ2v) is 2.07. The lowest BCUT2D eigenvalue weighted by molar-refractivity contribution is 0.106. The van der Waals surface area contributed by atoms with E-state index in [0.29, 0.717) is 26.4 Å². The van der Waals surface area contributed by atoms with Crippen LogP contribution in [-0.2, 0) is 9.47 Å². The van der Waals surface area contributed by atoms with E-state index < -0.39 is 0 Å². The summed E-state index contributed by atoms with van der Waals surface area (Å²) >= 11 is 0. The molecule has 0 aliphatic rings. The highest BCUT2D eigenvalue weighted by Crippen LogP contribution is 1.79. The Bertz CT molecular complexity index is 91.2. The number of aliphatic hydroxyl groups is 2. The van der Waals surface area contributed by atoms with Gasteiger partial charge in [-0.3, -0.25) is 0 Å². The molecule has 2 N–H and O–H groups in total. The number of aliphatic hydroxyl groups excluding tert-OH is 2. The minimum Gasteiger partial charge on any atom is -0.394 e. The van der Waals surface area contributed by atoms with Crippen LogP contribution in [0.4, 0.5) is 0 Å². The summed E-state index contributed by atoms with van der Waals surface area (Å²) in [5.74, 6) is 0. The summed E-state index contributed by atoms with van der Waals surface area (Å²) in [6.07, 6.45) is 3.63. The molecule has 0 amide bonds. The van der Waals surface area contributed by atoms with E-state index in [0.717, 1.165) is 0 Å². The third-order valence-corrected chi connectivity index (χ3v) is 1.07. The monoisotopic (exact) mass is 176 g/mol. The lowest BCUT2D eigenvalue weighted by atomic mass is 10.5. The molecule has 0 aromatic carbocycles. The van der Waals surface area contributed by atoms with Crippen molar-refractivity contribution in [3.05, 3.63) is 12.2 Å². The van der Waals surface area contributed by atoms with Crippen molar-refractivity contribution in [1.82, 2.24) is 0 Å². The van der Waals surface area contributed by atoms with E-state index in [1.165, 1.54) is 0 Å². The molecule has 72 valence electrons. The van der Waals surface area contributed by atoms with Crippen LogP contribution in [0.3, 0.4) is 0 Å². The van der Waals surface area contributed by atoms with E-state index in [2.05, 4.69) is 0 Å². The molecule has 0 radical (unpaired) electrons. The molecular formula is C8H16O4. The van der Waals surface area contributed by atoms with Crippen LogP contribution < -0.4 is 0 Å². The summed E-state index contributed by atoms with van der Waals surface area (Å²) in [6.45, 7) is 1.81. The minimum atomic E-state index is 0.0504. The Hall–Kier alpha value is -0.420. The van der Waals surface area contributed by atoms with Gasteiger partial charge < -0.3 is 19.7 Å². The normalized spacial score (nSPS) is 11.2. The zero-order valence-electron chi connectivity index (χ0n) is 7.11. The van der Waals surface area contributed by atoms with Crippen LogP contribution in [0, 0.1) is 0 Å². The van der Waals surface area contributed by atoms with Crippen LogP contribution in [0.15, 0.2) is 12.2 Å². The van der Waals surface area contributed by atoms with Gasteiger partial charge in [-0.2, -0.15) is 0 Å². The maximum Gasteiger partial charge on any atom is 0.0701 e. The average Bonchev–Trinajstić information content (AvgIpc) is 2.10. The van der Waals surface area contributed by atoms with E-state index >= 15 is 0 Å². The Morgan fingerprint density at radius 2 is 1.25 bits per heavy atom. The summed E-state index contributed by atoms with van der Waals surface area (Å²) in [7, 11) is 0. The molecular weight excluding hydrogens is 160 g/mol. The fourth-order valence-electron chi connectivity index (χ4n) is 0.568. The average molecular weight is 176 g/mol. The lowest BCUT2D eigenvalue weighted by Crippen LogP contribution is -2.00. The van der Waals surface area contributed by atoms with Crippen LogP contribution >= 0.6 is 0 Å². The molecule has 0 rings (SSSR count). The smallest absolute Gasteiger partial charge is 0.0701 e. The second-order valence-electron chi connectivity index (χ2n) is 2.07. The Kier molecular flexibility index (Phi) is 10.2. The zero-order valence-corrected chi connectivity index (χ0v) is 7.11. The topological polar surface area (TPSA) is 58.9 Å². The fraction of sp³-hybridized carbons (Fsp3) is 0.750. The molecule has 0 aromatic rings. The van der Waals surface area contributed by atoms with Gasteiger partial charge in [-0.25, -0.2) is 0 Å². The van der Waals surface area contributed by atoms with Gasteiger partial charge in [0.15, 0.2) is 0 Å². The van der Waals surface area contributed by atoms with Gasteiger partial charge in [-0.15, -0.1) is 0 Å². The molecule has 0 fully saturated rings. The predicted octanol–water partition coefficient (Wildman–Crippen LogP) is -0.440. The highest BCUT2D eigenvalue weighted by Gasteiger charge is 1.81. The molecule has 0 bridgehead atoms. The Labute approximate surface area is 72.4 Å². The third-order valence-electron chi connectivity index (χ3n) is 1.07. The van der Waals surface area contributed by atoms with Gasteiger partial charge in [-0.1, -0.05) is 12.2 Å². The first-order valence-corrected chi connectivity index (χ1v) is 3.94. The van der Waals surface area contributed by atoms with Crippen molar-refractivity contribution >= 4 is 0 Å². The highest BCUT2D eigenvalue weighted by molar-refractivity contribution is 4.80. The first-order chi connectivity index (χ1) is 5.91. The fourth-order valence-corrected chi connectivity index (χ4v) is 0.568. The Balaban J connectivity index is 2.93. The van der Waals surface area contributed by atoms with Crippen molar-refractivity contribution in [3.8, 4) is 0 Å². The zero-order chi connectivity index (χ0) is 9.07. The van der Waals surface area contributed by atoms with Crippen LogP contribution in [0.5, 0.6) is 0 Å². The molecule has 0 atom stereocenters. The number of ether oxygens (including phenoxy) is 2. The van der Waals surface area contributed by atoms with Crippen molar-refractivity contribution in [1.29, 1.82) is 0 Å². The maximum absolute atomic E-state index is 8.34. The maximum atomic E-state index is 8.34. The van der Waals surface area contributed by atoms with Crippen molar-refractivity contribution in [3.63, 3.8) is 0 Å². The van der Waals surface area contributed by atoms with E-state index in [-0.39, 0.29) is 13.2 Å². The van der Waals surface area contributed by atoms with Gasteiger partial charge in [0.05, 0.1) is 39.6 Å². The second kappa shape index (κ2) is 10.6. The summed E-state index contributed by atoms with van der Waals surface area (Å²) in [6, 6.07) is 0. The summed E-state index contributed by atoms with van der Waals surface area (Å²) in [5.41, 5.74) is 0. The predicted molar refractivity (Wildman–Crippen MR) is 44.9 cm³/mol. The van der Waals surface area contributed by atoms with Gasteiger partial charge in [0, 0.05) is 0 Å². The van der Waals surface area contributed by atoms with Gasteiger partial charge in [0.2, 0.25) is 0 Å². The SMILES string of the molecule is OCCOC/C=C\COCCO. The Morgan fingerprint density at radius 3 is 1.58 bits per heavy atom. The lowest BCUT2D eigenvalue weighted by Gasteiger charge is -1.97. The van der Waals surface area contributed by atoms with Crippen molar-refractivity contribution in [2.24, 2.45) is 0 Å². The molecule has 0 unspecified atom stereocenters.